The molecule has 5 aliphatic heterocycles. The number of esters is 2. The van der Waals surface area contributed by atoms with Crippen molar-refractivity contribution in [3.05, 3.63) is 71.8 Å². The molecular weight excluding hydrogens is 909 g/mol. The largest absolute Gasteiger partial charge is 0.466 e. The lowest BCUT2D eigenvalue weighted by Crippen LogP contribution is -2.54. The standard InChI is InChI=1S/C30H47N5O6.C19H29N3O5S/c1-3-39-28(36)21-27(29(37)40-4-2)34-19-17-33(18-20-34)23-26-24-35(30(38)41-26)12-8-11-31-13-15-32(16-14-31)22-25-9-6-5-7-10-25;1-28(24,25)26-16-18-15-22(19(23)27-18)9-5-8-20-10-12-21(13-11-20)14-17-6-3-2-4-7-17/h5-7,9-10,26-27H,3-4,8,11-24H2,1-2H3;2-4,6-7,18H,5,8-16H2,1H3. The molecule has 2 aromatic rings. The summed E-state index contributed by atoms with van der Waals surface area (Å²) in [4.78, 5) is 66.6. The third-order valence-electron chi connectivity index (χ3n) is 13.1. The first kappa shape index (κ1) is 53.9. The maximum atomic E-state index is 12.5. The van der Waals surface area contributed by atoms with Gasteiger partial charge < -0.3 is 38.5 Å². The van der Waals surface area contributed by atoms with E-state index >= 15 is 0 Å². The number of ether oxygens (including phenoxy) is 4. The van der Waals surface area contributed by atoms with E-state index in [1.54, 1.807) is 18.7 Å². The molecule has 0 bridgehead atoms. The zero-order valence-corrected chi connectivity index (χ0v) is 41.9. The summed E-state index contributed by atoms with van der Waals surface area (Å²) in [5, 5.41) is 0. The van der Waals surface area contributed by atoms with Crippen molar-refractivity contribution >= 4 is 34.2 Å². The van der Waals surface area contributed by atoms with Crippen LogP contribution >= 0.6 is 0 Å². The molecule has 5 fully saturated rings. The molecule has 384 valence electrons. The average Bonchev–Trinajstić information content (AvgIpc) is 3.88. The molecule has 3 unspecified atom stereocenters. The number of benzene rings is 2. The van der Waals surface area contributed by atoms with Crippen molar-refractivity contribution in [2.45, 2.75) is 64.4 Å². The van der Waals surface area contributed by atoms with E-state index in [1.165, 1.54) is 11.1 Å². The van der Waals surface area contributed by atoms with Gasteiger partial charge in [0.05, 0.1) is 39.0 Å². The summed E-state index contributed by atoms with van der Waals surface area (Å²) in [6.45, 7) is 22.0. The van der Waals surface area contributed by atoms with Gasteiger partial charge in [0.2, 0.25) is 0 Å². The maximum Gasteiger partial charge on any atom is 0.410 e. The van der Waals surface area contributed by atoms with Crippen LogP contribution < -0.4 is 0 Å². The molecule has 69 heavy (non-hydrogen) atoms. The molecule has 2 aromatic carbocycles. The summed E-state index contributed by atoms with van der Waals surface area (Å²) >= 11 is 0. The molecule has 5 heterocycles. The van der Waals surface area contributed by atoms with Crippen molar-refractivity contribution in [2.24, 2.45) is 0 Å². The van der Waals surface area contributed by atoms with Crippen LogP contribution in [0.5, 0.6) is 0 Å². The third kappa shape index (κ3) is 18.7. The second-order valence-corrected chi connectivity index (χ2v) is 20.1. The summed E-state index contributed by atoms with van der Waals surface area (Å²) in [6.07, 6.45) is 1.49. The van der Waals surface area contributed by atoms with E-state index in [4.69, 9.17) is 23.1 Å². The lowest BCUT2D eigenvalue weighted by atomic mass is 10.1. The highest BCUT2D eigenvalue weighted by atomic mass is 32.2. The van der Waals surface area contributed by atoms with Gasteiger partial charge in [-0.05, 0) is 50.9 Å². The first-order valence-electron chi connectivity index (χ1n) is 24.9. The van der Waals surface area contributed by atoms with Gasteiger partial charge >= 0.3 is 24.1 Å². The van der Waals surface area contributed by atoms with Gasteiger partial charge in [0, 0.05) is 111 Å². The zero-order chi connectivity index (χ0) is 49.0. The molecule has 5 aliphatic rings. The SMILES string of the molecule is CCOC(=O)CC(C(=O)OCC)N1CCN(CC2CN(CCCN3CCN(Cc4ccccc4)CC3)C(=O)O2)CC1.CS(=O)(=O)OCC1CN(CCCN2CCN(Cc3ccccc3)CC2)C(=O)O1. The average molecular weight is 985 g/mol. The summed E-state index contributed by atoms with van der Waals surface area (Å²) in [6, 6.07) is 20.5. The van der Waals surface area contributed by atoms with Gasteiger partial charge in [-0.2, -0.15) is 8.42 Å². The van der Waals surface area contributed by atoms with Crippen molar-refractivity contribution in [3.63, 3.8) is 0 Å². The predicted octanol–water partition coefficient (Wildman–Crippen LogP) is 2.51. The number of hydrogen-bond donors (Lipinski definition) is 0. The monoisotopic (exact) mass is 985 g/mol. The van der Waals surface area contributed by atoms with E-state index in [-0.39, 0.29) is 44.4 Å². The Bertz CT molecular complexity index is 1980. The lowest BCUT2D eigenvalue weighted by molar-refractivity contribution is -0.157. The second-order valence-electron chi connectivity index (χ2n) is 18.4. The minimum atomic E-state index is -3.52. The Hall–Kier alpha value is -4.41. The molecule has 7 rings (SSSR count). The van der Waals surface area contributed by atoms with Gasteiger partial charge in [0.1, 0.15) is 24.9 Å². The fraction of sp³-hybridized carbons (Fsp3) is 0.673. The summed E-state index contributed by atoms with van der Waals surface area (Å²) < 4.78 is 47.9. The molecule has 0 aliphatic carbocycles. The van der Waals surface area contributed by atoms with Gasteiger partial charge in [-0.3, -0.25) is 33.4 Å². The third-order valence-corrected chi connectivity index (χ3v) is 13.7. The minimum Gasteiger partial charge on any atom is -0.466 e. The minimum absolute atomic E-state index is 0.00869. The Balaban J connectivity index is 0.000000243. The molecule has 0 radical (unpaired) electrons. The van der Waals surface area contributed by atoms with Gasteiger partial charge in [-0.25, -0.2) is 9.59 Å². The van der Waals surface area contributed by atoms with E-state index in [0.29, 0.717) is 45.8 Å². The quantitative estimate of drug-likeness (QED) is 0.0902. The Morgan fingerprint density at radius 1 is 0.609 bits per heavy atom. The van der Waals surface area contributed by atoms with Crippen molar-refractivity contribution in [2.75, 3.05) is 150 Å². The van der Waals surface area contributed by atoms with Gasteiger partial charge in [-0.1, -0.05) is 60.7 Å². The molecule has 2 amide bonds. The van der Waals surface area contributed by atoms with Crippen LogP contribution in [0.3, 0.4) is 0 Å². The molecule has 19 nitrogen and oxygen atoms in total. The zero-order valence-electron chi connectivity index (χ0n) is 41.1. The van der Waals surface area contributed by atoms with E-state index in [9.17, 15) is 27.6 Å². The van der Waals surface area contributed by atoms with Gasteiger partial charge in [0.15, 0.2) is 0 Å². The van der Waals surface area contributed by atoms with Crippen molar-refractivity contribution in [1.29, 1.82) is 0 Å². The molecule has 0 saturated carbocycles. The van der Waals surface area contributed by atoms with Crippen LogP contribution in [-0.2, 0) is 55.9 Å². The smallest absolute Gasteiger partial charge is 0.410 e. The predicted molar refractivity (Wildman–Crippen MR) is 260 cm³/mol. The van der Waals surface area contributed by atoms with Crippen LogP contribution in [0, 0.1) is 0 Å². The van der Waals surface area contributed by atoms with Crippen LogP contribution in [-0.4, -0.2) is 240 Å². The molecule has 0 aromatic heterocycles. The Morgan fingerprint density at radius 3 is 1.54 bits per heavy atom. The van der Waals surface area contributed by atoms with Crippen LogP contribution in [0.1, 0.15) is 44.2 Å². The highest BCUT2D eigenvalue weighted by molar-refractivity contribution is 7.85. The molecular formula is C49H76N8O11S. The number of carbonyl (C=O) groups is 4. The number of cyclic esters (lactones) is 2. The number of hydrogen-bond acceptors (Lipinski definition) is 17. The number of carbonyl (C=O) groups excluding carboxylic acids is 4. The van der Waals surface area contributed by atoms with E-state index in [1.807, 2.05) is 15.9 Å². The molecule has 0 spiro atoms. The summed E-state index contributed by atoms with van der Waals surface area (Å²) in [7, 11) is -3.52. The maximum absolute atomic E-state index is 12.5. The second kappa shape index (κ2) is 27.8. The van der Waals surface area contributed by atoms with E-state index in [0.717, 1.165) is 111 Å². The first-order chi connectivity index (χ1) is 33.3. The van der Waals surface area contributed by atoms with Crippen LogP contribution in [0.2, 0.25) is 0 Å². The van der Waals surface area contributed by atoms with Crippen molar-refractivity contribution in [3.8, 4) is 0 Å². The molecule has 20 heteroatoms. The Kier molecular flexibility index (Phi) is 21.8. The lowest BCUT2D eigenvalue weighted by Gasteiger charge is -2.38. The normalized spacial score (nSPS) is 21.9. The van der Waals surface area contributed by atoms with Crippen molar-refractivity contribution < 1.29 is 50.7 Å². The molecule has 5 saturated heterocycles. The number of amides is 2. The van der Waals surface area contributed by atoms with Gasteiger partial charge in [-0.15, -0.1) is 0 Å². The topological polar surface area (TPSA) is 174 Å². The van der Waals surface area contributed by atoms with Crippen LogP contribution in [0.4, 0.5) is 9.59 Å². The highest BCUT2D eigenvalue weighted by Gasteiger charge is 2.36. The van der Waals surface area contributed by atoms with Crippen LogP contribution in [0.15, 0.2) is 60.7 Å². The highest BCUT2D eigenvalue weighted by Crippen LogP contribution is 2.18. The van der Waals surface area contributed by atoms with Gasteiger partial charge in [0.25, 0.3) is 10.1 Å². The van der Waals surface area contributed by atoms with E-state index in [2.05, 4.69) is 79.1 Å². The summed E-state index contributed by atoms with van der Waals surface area (Å²) in [5.41, 5.74) is 2.71. The fourth-order valence-corrected chi connectivity index (χ4v) is 9.81. The fourth-order valence-electron chi connectivity index (χ4n) is 9.41. The van der Waals surface area contributed by atoms with E-state index < -0.39 is 34.3 Å². The number of nitrogens with zero attached hydrogens (tertiary/aromatic N) is 8. The van der Waals surface area contributed by atoms with Crippen molar-refractivity contribution in [1.82, 2.24) is 39.2 Å². The molecule has 3 atom stereocenters. The first-order valence-corrected chi connectivity index (χ1v) is 26.7. The van der Waals surface area contributed by atoms with Crippen LogP contribution in [0.25, 0.3) is 0 Å². The number of rotatable bonds is 23. The molecule has 0 N–H and O–H groups in total. The number of piperazine rings is 3. The summed E-state index contributed by atoms with van der Waals surface area (Å²) in [5.74, 6) is -0.778. The Labute approximate surface area is 409 Å². The Morgan fingerprint density at radius 2 is 1.06 bits per heavy atom.